The minimum atomic E-state index is 1.02. The first-order valence-electron chi connectivity index (χ1n) is 7.06. The molecule has 0 unspecified atom stereocenters. The zero-order chi connectivity index (χ0) is 13.4. The Hall–Kier alpha value is -1.60. The van der Waals surface area contributed by atoms with E-state index in [1.807, 2.05) is 0 Å². The van der Waals surface area contributed by atoms with Crippen molar-refractivity contribution in [3.63, 3.8) is 0 Å². The lowest BCUT2D eigenvalue weighted by Crippen LogP contribution is -2.10. The van der Waals surface area contributed by atoms with Crippen molar-refractivity contribution in [3.8, 4) is 11.1 Å². The Morgan fingerprint density at radius 1 is 1.05 bits per heavy atom. The highest BCUT2D eigenvalue weighted by Gasteiger charge is 2.20. The highest BCUT2D eigenvalue weighted by atomic mass is 15.0. The van der Waals surface area contributed by atoms with Crippen molar-refractivity contribution in [2.24, 2.45) is 0 Å². The maximum atomic E-state index is 2.38. The zero-order valence-corrected chi connectivity index (χ0v) is 12.0. The summed E-state index contributed by atoms with van der Waals surface area (Å²) in [5.74, 6) is 0. The first-order valence-corrected chi connectivity index (χ1v) is 7.06. The van der Waals surface area contributed by atoms with Crippen LogP contribution in [0.2, 0.25) is 0 Å². The lowest BCUT2D eigenvalue weighted by atomic mass is 9.97. The van der Waals surface area contributed by atoms with Crippen LogP contribution >= 0.6 is 0 Å². The number of aryl methyl sites for hydroxylation is 1. The van der Waals surface area contributed by atoms with Gasteiger partial charge in [-0.1, -0.05) is 43.3 Å². The maximum Gasteiger partial charge on any atom is 0.0227 e. The van der Waals surface area contributed by atoms with E-state index in [0.717, 1.165) is 19.4 Å². The Morgan fingerprint density at radius 2 is 1.89 bits per heavy atom. The molecule has 98 valence electrons. The van der Waals surface area contributed by atoms with Gasteiger partial charge in [0.1, 0.15) is 0 Å². The van der Waals surface area contributed by atoms with Crippen molar-refractivity contribution in [2.45, 2.75) is 26.3 Å². The summed E-state index contributed by atoms with van der Waals surface area (Å²) in [6.07, 6.45) is 2.21. The Labute approximate surface area is 115 Å². The third-order valence-electron chi connectivity index (χ3n) is 3.94. The molecule has 1 aliphatic carbocycles. The number of hydrogen-bond donors (Lipinski definition) is 0. The molecule has 0 amide bonds. The Morgan fingerprint density at radius 3 is 2.63 bits per heavy atom. The molecule has 0 saturated heterocycles. The van der Waals surface area contributed by atoms with E-state index in [2.05, 4.69) is 62.3 Å². The first-order chi connectivity index (χ1) is 9.19. The van der Waals surface area contributed by atoms with E-state index >= 15 is 0 Å². The Bertz CT molecular complexity index is 611. The molecule has 0 heterocycles. The van der Waals surface area contributed by atoms with Crippen molar-refractivity contribution in [2.75, 3.05) is 14.1 Å². The summed E-state index contributed by atoms with van der Waals surface area (Å²) in [6.45, 7) is 3.26. The summed E-state index contributed by atoms with van der Waals surface area (Å²) in [5.41, 5.74) is 8.84. The highest BCUT2D eigenvalue weighted by molar-refractivity contribution is 5.79. The molecular formula is C18H21N. The van der Waals surface area contributed by atoms with Crippen LogP contribution in [-0.2, 0) is 19.4 Å². The van der Waals surface area contributed by atoms with Crippen molar-refractivity contribution in [1.29, 1.82) is 0 Å². The monoisotopic (exact) mass is 251 g/mol. The van der Waals surface area contributed by atoms with Crippen LogP contribution in [0.15, 0.2) is 36.4 Å². The van der Waals surface area contributed by atoms with Crippen LogP contribution in [0.1, 0.15) is 29.2 Å². The topological polar surface area (TPSA) is 3.24 Å². The summed E-state index contributed by atoms with van der Waals surface area (Å²) in [4.78, 5) is 2.22. The van der Waals surface area contributed by atoms with Gasteiger partial charge in [0.15, 0.2) is 0 Å². The van der Waals surface area contributed by atoms with Gasteiger partial charge in [-0.3, -0.25) is 0 Å². The van der Waals surface area contributed by atoms with E-state index in [4.69, 9.17) is 0 Å². The van der Waals surface area contributed by atoms with Crippen LogP contribution in [0.3, 0.4) is 0 Å². The molecule has 1 aliphatic rings. The second kappa shape index (κ2) is 4.82. The van der Waals surface area contributed by atoms with Gasteiger partial charge in [-0.15, -0.1) is 0 Å². The molecule has 2 aromatic rings. The van der Waals surface area contributed by atoms with Crippen molar-refractivity contribution in [1.82, 2.24) is 4.90 Å². The molecule has 0 fully saturated rings. The average Bonchev–Trinajstić information content (AvgIpc) is 2.75. The quantitative estimate of drug-likeness (QED) is 0.683. The highest BCUT2D eigenvalue weighted by Crippen LogP contribution is 2.39. The van der Waals surface area contributed by atoms with Crippen LogP contribution in [0, 0.1) is 0 Å². The van der Waals surface area contributed by atoms with Gasteiger partial charge in [-0.2, -0.15) is 0 Å². The molecule has 0 aromatic heterocycles. The van der Waals surface area contributed by atoms with Gasteiger partial charge in [0, 0.05) is 6.54 Å². The van der Waals surface area contributed by atoms with E-state index in [-0.39, 0.29) is 0 Å². The fourth-order valence-corrected chi connectivity index (χ4v) is 3.15. The van der Waals surface area contributed by atoms with Gasteiger partial charge >= 0.3 is 0 Å². The molecule has 0 spiro atoms. The smallest absolute Gasteiger partial charge is 0.0227 e. The molecule has 19 heavy (non-hydrogen) atoms. The van der Waals surface area contributed by atoms with Gasteiger partial charge in [-0.05, 0) is 60.3 Å². The van der Waals surface area contributed by atoms with E-state index < -0.39 is 0 Å². The summed E-state index contributed by atoms with van der Waals surface area (Å²) in [7, 11) is 4.24. The fourth-order valence-electron chi connectivity index (χ4n) is 3.15. The van der Waals surface area contributed by atoms with Crippen LogP contribution < -0.4 is 0 Å². The molecule has 1 heteroatoms. The van der Waals surface area contributed by atoms with E-state index in [9.17, 15) is 0 Å². The molecule has 0 radical (unpaired) electrons. The summed E-state index contributed by atoms with van der Waals surface area (Å²) >= 11 is 0. The van der Waals surface area contributed by atoms with Gasteiger partial charge < -0.3 is 4.90 Å². The van der Waals surface area contributed by atoms with Crippen molar-refractivity contribution < 1.29 is 0 Å². The molecular weight excluding hydrogens is 230 g/mol. The minimum Gasteiger partial charge on any atom is -0.305 e. The maximum absolute atomic E-state index is 2.38. The van der Waals surface area contributed by atoms with Crippen molar-refractivity contribution >= 4 is 0 Å². The van der Waals surface area contributed by atoms with Crippen LogP contribution in [0.4, 0.5) is 0 Å². The standard InChI is InChI=1S/C18H21N/c1-4-14-6-5-7-15-11-16-10-13(12-19(2)3)8-9-17(16)18(14)15/h5-10H,4,11-12H2,1-3H3. The molecule has 2 aromatic carbocycles. The normalized spacial score (nSPS) is 12.6. The average molecular weight is 251 g/mol. The molecule has 3 rings (SSSR count). The van der Waals surface area contributed by atoms with Gasteiger partial charge in [-0.25, -0.2) is 0 Å². The largest absolute Gasteiger partial charge is 0.305 e. The van der Waals surface area contributed by atoms with Crippen LogP contribution in [-0.4, -0.2) is 19.0 Å². The second-order valence-corrected chi connectivity index (χ2v) is 5.71. The zero-order valence-electron chi connectivity index (χ0n) is 12.0. The van der Waals surface area contributed by atoms with Crippen molar-refractivity contribution in [3.05, 3.63) is 58.7 Å². The number of rotatable bonds is 3. The predicted octanol–water partition coefficient (Wildman–Crippen LogP) is 3.88. The Balaban J connectivity index is 2.05. The minimum absolute atomic E-state index is 1.02. The van der Waals surface area contributed by atoms with E-state index in [1.165, 1.54) is 33.4 Å². The molecule has 0 aliphatic heterocycles. The third kappa shape index (κ3) is 2.19. The number of nitrogens with zero attached hydrogens (tertiary/aromatic N) is 1. The van der Waals surface area contributed by atoms with E-state index in [1.54, 1.807) is 0 Å². The number of benzene rings is 2. The second-order valence-electron chi connectivity index (χ2n) is 5.71. The number of fused-ring (bicyclic) bond motifs is 3. The Kier molecular flexibility index (Phi) is 3.16. The predicted molar refractivity (Wildman–Crippen MR) is 81.5 cm³/mol. The molecule has 0 saturated carbocycles. The summed E-state index contributed by atoms with van der Waals surface area (Å²) < 4.78 is 0. The molecule has 0 bridgehead atoms. The van der Waals surface area contributed by atoms with Crippen LogP contribution in [0.25, 0.3) is 11.1 Å². The fraction of sp³-hybridized carbons (Fsp3) is 0.333. The summed E-state index contributed by atoms with van der Waals surface area (Å²) in [5, 5.41) is 0. The van der Waals surface area contributed by atoms with E-state index in [0.29, 0.717) is 0 Å². The third-order valence-corrected chi connectivity index (χ3v) is 3.94. The number of hydrogen-bond acceptors (Lipinski definition) is 1. The lowest BCUT2D eigenvalue weighted by Gasteiger charge is -2.11. The first kappa shape index (κ1) is 12.4. The SMILES string of the molecule is CCc1cccc2c1-c1ccc(CN(C)C)cc1C2. The lowest BCUT2D eigenvalue weighted by molar-refractivity contribution is 0.402. The van der Waals surface area contributed by atoms with Crippen LogP contribution in [0.5, 0.6) is 0 Å². The molecule has 0 atom stereocenters. The molecule has 0 N–H and O–H groups in total. The van der Waals surface area contributed by atoms with Gasteiger partial charge in [0.05, 0.1) is 0 Å². The molecule has 1 nitrogen and oxygen atoms in total. The van der Waals surface area contributed by atoms with Gasteiger partial charge in [0.2, 0.25) is 0 Å². The summed E-state index contributed by atoms with van der Waals surface area (Å²) in [6, 6.07) is 13.7. The van der Waals surface area contributed by atoms with Gasteiger partial charge in [0.25, 0.3) is 0 Å².